The largest absolute Gasteiger partial charge is 0.486 e. The van der Waals surface area contributed by atoms with Crippen LogP contribution in [0, 0.1) is 12.8 Å². The van der Waals surface area contributed by atoms with E-state index in [1.807, 2.05) is 41.5 Å². The number of amides is 2. The van der Waals surface area contributed by atoms with Crippen LogP contribution in [0.4, 0.5) is 0 Å². The van der Waals surface area contributed by atoms with Gasteiger partial charge in [-0.3, -0.25) is 9.59 Å². The molecule has 2 aromatic rings. The monoisotopic (exact) mass is 455 g/mol. The lowest BCUT2D eigenvalue weighted by Crippen LogP contribution is -2.45. The van der Waals surface area contributed by atoms with Crippen molar-refractivity contribution in [3.05, 3.63) is 45.9 Å². The van der Waals surface area contributed by atoms with Crippen molar-refractivity contribution >= 4 is 23.2 Å². The van der Waals surface area contributed by atoms with E-state index in [1.54, 1.807) is 0 Å². The first-order chi connectivity index (χ1) is 15.6. The Kier molecular flexibility index (Phi) is 7.79. The van der Waals surface area contributed by atoms with Gasteiger partial charge in [0.1, 0.15) is 17.4 Å². The van der Waals surface area contributed by atoms with E-state index in [-0.39, 0.29) is 11.8 Å². The maximum atomic E-state index is 12.9. The van der Waals surface area contributed by atoms with Gasteiger partial charge in [-0.25, -0.2) is 4.98 Å². The SMILES string of the molecule is Cc1ccc(OCc2nc(CC(=O)N3CCC(C(=O)N4CCCCCC4)CC3)cs2)cc1. The molecule has 0 spiro atoms. The normalized spacial score (nSPS) is 17.8. The maximum absolute atomic E-state index is 12.9. The summed E-state index contributed by atoms with van der Waals surface area (Å²) in [5.74, 6) is 1.29. The van der Waals surface area contributed by atoms with Gasteiger partial charge in [0.2, 0.25) is 11.8 Å². The van der Waals surface area contributed by atoms with E-state index < -0.39 is 0 Å². The van der Waals surface area contributed by atoms with E-state index in [2.05, 4.69) is 9.88 Å². The fourth-order valence-corrected chi connectivity index (χ4v) is 5.17. The van der Waals surface area contributed by atoms with Gasteiger partial charge in [-0.2, -0.15) is 0 Å². The standard InChI is InChI=1S/C25H33N3O3S/c1-19-6-8-22(9-7-19)31-17-23-26-21(18-32-23)16-24(29)27-14-10-20(11-15-27)25(30)28-12-4-2-3-5-13-28/h6-9,18,20H,2-5,10-17H2,1H3. The van der Waals surface area contributed by atoms with Gasteiger partial charge in [0.05, 0.1) is 12.1 Å². The number of rotatable bonds is 6. The van der Waals surface area contributed by atoms with Gasteiger partial charge in [0, 0.05) is 37.5 Å². The Labute approximate surface area is 194 Å². The van der Waals surface area contributed by atoms with Crippen molar-refractivity contribution in [3.8, 4) is 5.75 Å². The highest BCUT2D eigenvalue weighted by atomic mass is 32.1. The average Bonchev–Trinajstić information content (AvgIpc) is 3.08. The fraction of sp³-hybridized carbons (Fsp3) is 0.560. The Hall–Kier alpha value is -2.41. The zero-order chi connectivity index (χ0) is 22.3. The van der Waals surface area contributed by atoms with E-state index in [0.29, 0.717) is 32.0 Å². The number of aromatic nitrogens is 1. The number of carbonyl (C=O) groups is 2. The van der Waals surface area contributed by atoms with Crippen molar-refractivity contribution in [3.63, 3.8) is 0 Å². The molecule has 2 aliphatic heterocycles. The number of nitrogens with zero attached hydrogens (tertiary/aromatic N) is 3. The van der Waals surface area contributed by atoms with Crippen LogP contribution < -0.4 is 4.74 Å². The number of carbonyl (C=O) groups excluding carboxylic acids is 2. The third-order valence-electron chi connectivity index (χ3n) is 6.43. The Morgan fingerprint density at radius 3 is 2.38 bits per heavy atom. The van der Waals surface area contributed by atoms with Gasteiger partial charge >= 0.3 is 0 Å². The van der Waals surface area contributed by atoms with Crippen molar-refractivity contribution in [2.45, 2.75) is 58.5 Å². The van der Waals surface area contributed by atoms with Gasteiger partial charge < -0.3 is 14.5 Å². The molecule has 2 aliphatic rings. The summed E-state index contributed by atoms with van der Waals surface area (Å²) in [5.41, 5.74) is 1.99. The quantitative estimate of drug-likeness (QED) is 0.654. The molecule has 3 heterocycles. The van der Waals surface area contributed by atoms with Crippen LogP contribution in [0.15, 0.2) is 29.6 Å². The van der Waals surface area contributed by atoms with Crippen LogP contribution in [0.2, 0.25) is 0 Å². The van der Waals surface area contributed by atoms with Crippen LogP contribution in [0.25, 0.3) is 0 Å². The number of hydrogen-bond acceptors (Lipinski definition) is 5. The Bertz CT molecular complexity index is 895. The minimum Gasteiger partial charge on any atom is -0.486 e. The molecule has 2 saturated heterocycles. The molecule has 0 radical (unpaired) electrons. The number of likely N-dealkylation sites (tertiary alicyclic amines) is 2. The van der Waals surface area contributed by atoms with E-state index in [1.165, 1.54) is 29.7 Å². The molecule has 4 rings (SSSR count). The molecular weight excluding hydrogens is 422 g/mol. The Morgan fingerprint density at radius 1 is 1.00 bits per heavy atom. The smallest absolute Gasteiger partial charge is 0.228 e. The molecule has 0 unspecified atom stereocenters. The molecule has 0 aliphatic carbocycles. The van der Waals surface area contributed by atoms with Crippen LogP contribution in [0.1, 0.15) is 54.8 Å². The molecule has 32 heavy (non-hydrogen) atoms. The summed E-state index contributed by atoms with van der Waals surface area (Å²) in [4.78, 5) is 34.2. The zero-order valence-electron chi connectivity index (χ0n) is 18.9. The van der Waals surface area contributed by atoms with Crippen molar-refractivity contribution in [1.82, 2.24) is 14.8 Å². The number of thiazole rings is 1. The predicted molar refractivity (Wildman–Crippen MR) is 126 cm³/mol. The molecule has 1 aromatic heterocycles. The van der Waals surface area contributed by atoms with Gasteiger partial charge in [-0.1, -0.05) is 30.5 Å². The fourth-order valence-electron chi connectivity index (χ4n) is 4.47. The second-order valence-electron chi connectivity index (χ2n) is 8.91. The van der Waals surface area contributed by atoms with Gasteiger partial charge in [0.15, 0.2) is 0 Å². The molecule has 2 amide bonds. The minimum atomic E-state index is 0.0712. The van der Waals surface area contributed by atoms with Crippen LogP contribution >= 0.6 is 11.3 Å². The van der Waals surface area contributed by atoms with Crippen LogP contribution in [0.5, 0.6) is 5.75 Å². The van der Waals surface area contributed by atoms with Crippen molar-refractivity contribution in [2.24, 2.45) is 5.92 Å². The lowest BCUT2D eigenvalue weighted by atomic mass is 9.95. The number of ether oxygens (including phenoxy) is 1. The summed E-state index contributed by atoms with van der Waals surface area (Å²) in [5, 5.41) is 2.82. The number of benzene rings is 1. The average molecular weight is 456 g/mol. The van der Waals surface area contributed by atoms with Crippen molar-refractivity contribution < 1.29 is 14.3 Å². The second-order valence-corrected chi connectivity index (χ2v) is 9.85. The number of piperidine rings is 1. The second kappa shape index (κ2) is 10.9. The molecule has 6 nitrogen and oxygen atoms in total. The Balaban J connectivity index is 1.22. The summed E-state index contributed by atoms with van der Waals surface area (Å²) in [6, 6.07) is 7.95. The van der Waals surface area contributed by atoms with Gasteiger partial charge in [-0.15, -0.1) is 11.3 Å². The number of hydrogen-bond donors (Lipinski definition) is 0. The molecule has 0 atom stereocenters. The topological polar surface area (TPSA) is 62.7 Å². The molecule has 1 aromatic carbocycles. The summed E-state index contributed by atoms with van der Waals surface area (Å²) >= 11 is 1.53. The van der Waals surface area contributed by atoms with E-state index >= 15 is 0 Å². The summed E-state index contributed by atoms with van der Waals surface area (Å²) in [7, 11) is 0. The zero-order valence-corrected chi connectivity index (χ0v) is 19.7. The molecule has 0 bridgehead atoms. The van der Waals surface area contributed by atoms with Gasteiger partial charge in [-0.05, 0) is 44.7 Å². The van der Waals surface area contributed by atoms with Crippen molar-refractivity contribution in [1.29, 1.82) is 0 Å². The van der Waals surface area contributed by atoms with E-state index in [0.717, 1.165) is 55.2 Å². The van der Waals surface area contributed by atoms with E-state index in [4.69, 9.17) is 4.74 Å². The molecule has 2 fully saturated rings. The maximum Gasteiger partial charge on any atom is 0.228 e. The number of aryl methyl sites for hydroxylation is 1. The predicted octanol–water partition coefficient (Wildman–Crippen LogP) is 4.21. The van der Waals surface area contributed by atoms with Crippen LogP contribution in [0.3, 0.4) is 0 Å². The molecule has 7 heteroatoms. The molecule has 0 saturated carbocycles. The summed E-state index contributed by atoms with van der Waals surface area (Å²) in [6.07, 6.45) is 6.55. The van der Waals surface area contributed by atoms with E-state index in [9.17, 15) is 9.59 Å². The highest BCUT2D eigenvalue weighted by molar-refractivity contribution is 7.09. The minimum absolute atomic E-state index is 0.0712. The summed E-state index contributed by atoms with van der Waals surface area (Å²) < 4.78 is 5.79. The first-order valence-electron chi connectivity index (χ1n) is 11.8. The van der Waals surface area contributed by atoms with Crippen molar-refractivity contribution in [2.75, 3.05) is 26.2 Å². The van der Waals surface area contributed by atoms with Crippen LogP contribution in [-0.4, -0.2) is 52.8 Å². The molecule has 172 valence electrons. The Morgan fingerprint density at radius 2 is 1.69 bits per heavy atom. The summed E-state index contributed by atoms with van der Waals surface area (Å²) in [6.45, 7) is 5.58. The first kappa shape index (κ1) is 22.8. The third kappa shape index (κ3) is 6.09. The third-order valence-corrected chi connectivity index (χ3v) is 7.30. The molecule has 0 N–H and O–H groups in total. The molecular formula is C25H33N3O3S. The van der Waals surface area contributed by atoms with Crippen LogP contribution in [-0.2, 0) is 22.6 Å². The first-order valence-corrected chi connectivity index (χ1v) is 12.7. The lowest BCUT2D eigenvalue weighted by Gasteiger charge is -2.34. The highest BCUT2D eigenvalue weighted by Gasteiger charge is 2.30. The lowest BCUT2D eigenvalue weighted by molar-refractivity contribution is -0.140. The van der Waals surface area contributed by atoms with Gasteiger partial charge in [0.25, 0.3) is 0 Å². The highest BCUT2D eigenvalue weighted by Crippen LogP contribution is 2.23.